The lowest BCUT2D eigenvalue weighted by Gasteiger charge is -2.11. The van der Waals surface area contributed by atoms with Gasteiger partial charge in [0.15, 0.2) is 9.84 Å². The number of aromatic carboxylic acids is 1. The van der Waals surface area contributed by atoms with Gasteiger partial charge in [0.25, 0.3) is 0 Å². The van der Waals surface area contributed by atoms with Crippen LogP contribution in [0.4, 0.5) is 13.2 Å². The summed E-state index contributed by atoms with van der Waals surface area (Å²) in [5.41, 5.74) is -0.665. The zero-order valence-corrected chi connectivity index (χ0v) is 11.9. The van der Waals surface area contributed by atoms with E-state index in [9.17, 15) is 26.4 Å². The van der Waals surface area contributed by atoms with Gasteiger partial charge in [-0.05, 0) is 12.1 Å². The van der Waals surface area contributed by atoms with E-state index in [1.54, 1.807) is 0 Å². The van der Waals surface area contributed by atoms with Crippen LogP contribution in [0.3, 0.4) is 0 Å². The fraction of sp³-hybridized carbons (Fsp3) is 0.300. The first-order valence-corrected chi connectivity index (χ1v) is 7.37. The molecule has 0 radical (unpaired) electrons. The van der Waals surface area contributed by atoms with Gasteiger partial charge in [-0.3, -0.25) is 0 Å². The first kappa shape index (κ1) is 17.1. The molecular formula is C10H7Cl2F3O4S. The molecule has 1 N–H and O–H groups in total. The highest BCUT2D eigenvalue weighted by Crippen LogP contribution is 2.32. The molecule has 0 heterocycles. The van der Waals surface area contributed by atoms with Gasteiger partial charge in [-0.25, -0.2) is 13.2 Å². The summed E-state index contributed by atoms with van der Waals surface area (Å²) >= 11 is 11.2. The SMILES string of the molecule is O=C(O)c1c(Cl)ccc(S(=O)(=O)CCC(F)(F)F)c1Cl. The minimum absolute atomic E-state index is 0.308. The fourth-order valence-corrected chi connectivity index (χ4v) is 3.59. The van der Waals surface area contributed by atoms with E-state index in [1.165, 1.54) is 0 Å². The number of alkyl halides is 3. The maximum absolute atomic E-state index is 12.1. The Morgan fingerprint density at radius 3 is 2.25 bits per heavy atom. The van der Waals surface area contributed by atoms with Crippen LogP contribution in [0.2, 0.25) is 10.0 Å². The summed E-state index contributed by atoms with van der Waals surface area (Å²) in [6.45, 7) is 0. The predicted molar refractivity (Wildman–Crippen MR) is 66.1 cm³/mol. The molecular weight excluding hydrogens is 344 g/mol. The van der Waals surface area contributed by atoms with E-state index in [0.717, 1.165) is 12.1 Å². The molecule has 0 saturated carbocycles. The van der Waals surface area contributed by atoms with Crippen LogP contribution in [0.5, 0.6) is 0 Å². The Bertz CT molecular complexity index is 641. The highest BCUT2D eigenvalue weighted by Gasteiger charge is 2.32. The number of hydrogen-bond donors (Lipinski definition) is 1. The van der Waals surface area contributed by atoms with Gasteiger partial charge in [0.2, 0.25) is 0 Å². The molecule has 1 aromatic rings. The minimum atomic E-state index is -4.65. The Labute approximate surface area is 122 Å². The molecule has 0 aliphatic carbocycles. The van der Waals surface area contributed by atoms with Crippen molar-refractivity contribution in [1.82, 2.24) is 0 Å². The average molecular weight is 351 g/mol. The highest BCUT2D eigenvalue weighted by molar-refractivity contribution is 7.91. The quantitative estimate of drug-likeness (QED) is 0.902. The van der Waals surface area contributed by atoms with Gasteiger partial charge in [-0.2, -0.15) is 13.2 Å². The monoisotopic (exact) mass is 350 g/mol. The van der Waals surface area contributed by atoms with Gasteiger partial charge in [-0.15, -0.1) is 0 Å². The van der Waals surface area contributed by atoms with Crippen LogP contribution in [-0.2, 0) is 9.84 Å². The zero-order chi connectivity index (χ0) is 15.7. The molecule has 0 bridgehead atoms. The molecule has 112 valence electrons. The summed E-state index contributed by atoms with van der Waals surface area (Å²) in [6, 6.07) is 1.83. The van der Waals surface area contributed by atoms with E-state index >= 15 is 0 Å². The predicted octanol–water partition coefficient (Wildman–Crippen LogP) is 3.42. The second-order valence-corrected chi connectivity index (χ2v) is 6.59. The van der Waals surface area contributed by atoms with Crippen LogP contribution >= 0.6 is 23.2 Å². The number of carbonyl (C=O) groups is 1. The number of benzene rings is 1. The molecule has 1 aromatic carbocycles. The molecule has 0 spiro atoms. The third-order valence-electron chi connectivity index (χ3n) is 2.26. The number of carboxylic acid groups (broad SMARTS) is 1. The maximum Gasteiger partial charge on any atom is 0.390 e. The van der Waals surface area contributed by atoms with Crippen molar-refractivity contribution in [1.29, 1.82) is 0 Å². The molecule has 1 rings (SSSR count). The third-order valence-corrected chi connectivity index (χ3v) is 4.83. The highest BCUT2D eigenvalue weighted by atomic mass is 35.5. The Morgan fingerprint density at radius 1 is 1.25 bits per heavy atom. The largest absolute Gasteiger partial charge is 0.478 e. The number of halogens is 5. The van der Waals surface area contributed by atoms with Gasteiger partial charge < -0.3 is 5.11 Å². The smallest absolute Gasteiger partial charge is 0.390 e. The Balaban J connectivity index is 3.27. The molecule has 4 nitrogen and oxygen atoms in total. The first-order chi connectivity index (χ1) is 8.96. The van der Waals surface area contributed by atoms with Crippen molar-refractivity contribution in [3.05, 3.63) is 27.7 Å². The number of rotatable bonds is 4. The second kappa shape index (κ2) is 5.79. The van der Waals surface area contributed by atoms with Crippen LogP contribution in [-0.4, -0.2) is 31.4 Å². The summed E-state index contributed by atoms with van der Waals surface area (Å²) in [5.74, 6) is -2.80. The van der Waals surface area contributed by atoms with E-state index in [2.05, 4.69) is 0 Å². The van der Waals surface area contributed by atoms with Crippen molar-refractivity contribution in [2.75, 3.05) is 5.75 Å². The van der Waals surface area contributed by atoms with Crippen LogP contribution < -0.4 is 0 Å². The maximum atomic E-state index is 12.1. The van der Waals surface area contributed by atoms with Crippen LogP contribution in [0.25, 0.3) is 0 Å². The Kier molecular flexibility index (Phi) is 4.94. The van der Waals surface area contributed by atoms with E-state index < -0.39 is 49.6 Å². The Morgan fingerprint density at radius 2 is 1.80 bits per heavy atom. The van der Waals surface area contributed by atoms with E-state index in [4.69, 9.17) is 28.3 Å². The van der Waals surface area contributed by atoms with Crippen molar-refractivity contribution >= 4 is 39.0 Å². The number of carboxylic acids is 1. The van der Waals surface area contributed by atoms with Crippen LogP contribution in [0.15, 0.2) is 17.0 Å². The number of hydrogen-bond acceptors (Lipinski definition) is 3. The van der Waals surface area contributed by atoms with Crippen molar-refractivity contribution in [3.8, 4) is 0 Å². The molecule has 20 heavy (non-hydrogen) atoms. The van der Waals surface area contributed by atoms with Crippen molar-refractivity contribution in [3.63, 3.8) is 0 Å². The summed E-state index contributed by atoms with van der Waals surface area (Å²) in [6.07, 6.45) is -6.21. The zero-order valence-electron chi connectivity index (χ0n) is 9.54. The van der Waals surface area contributed by atoms with Crippen LogP contribution in [0, 0.1) is 0 Å². The van der Waals surface area contributed by atoms with E-state index in [-0.39, 0.29) is 5.02 Å². The average Bonchev–Trinajstić information content (AvgIpc) is 2.24. The van der Waals surface area contributed by atoms with Gasteiger partial charge >= 0.3 is 12.1 Å². The molecule has 0 fully saturated rings. The number of sulfone groups is 1. The second-order valence-electron chi connectivity index (χ2n) is 3.72. The first-order valence-electron chi connectivity index (χ1n) is 4.96. The van der Waals surface area contributed by atoms with Crippen molar-refractivity contribution in [2.24, 2.45) is 0 Å². The molecule has 0 saturated heterocycles. The van der Waals surface area contributed by atoms with E-state index in [0.29, 0.717) is 0 Å². The van der Waals surface area contributed by atoms with E-state index in [1.807, 2.05) is 0 Å². The summed E-state index contributed by atoms with van der Waals surface area (Å²) < 4.78 is 59.7. The lowest BCUT2D eigenvalue weighted by Crippen LogP contribution is -2.17. The molecule has 0 unspecified atom stereocenters. The fourth-order valence-electron chi connectivity index (χ4n) is 1.33. The summed E-state index contributed by atoms with van der Waals surface area (Å²) in [4.78, 5) is 10.2. The minimum Gasteiger partial charge on any atom is -0.478 e. The van der Waals surface area contributed by atoms with Gasteiger partial charge in [0.05, 0.1) is 32.7 Å². The van der Waals surface area contributed by atoms with Gasteiger partial charge in [-0.1, -0.05) is 23.2 Å². The standard InChI is InChI=1S/C10H7Cl2F3O4S/c11-5-1-2-6(8(12)7(5)9(16)17)20(18,19)4-3-10(13,14)15/h1-2H,3-4H2,(H,16,17). The van der Waals surface area contributed by atoms with Crippen molar-refractivity contribution < 1.29 is 31.5 Å². The third kappa shape index (κ3) is 4.00. The van der Waals surface area contributed by atoms with Gasteiger partial charge in [0.1, 0.15) is 0 Å². The summed E-state index contributed by atoms with van der Waals surface area (Å²) in [7, 11) is -4.37. The molecule has 10 heteroatoms. The lowest BCUT2D eigenvalue weighted by atomic mass is 10.2. The molecule has 0 aliphatic rings. The Hall–Kier alpha value is -0.990. The normalized spacial score (nSPS) is 12.4. The topological polar surface area (TPSA) is 71.4 Å². The molecule has 0 atom stereocenters. The summed E-state index contributed by atoms with van der Waals surface area (Å²) in [5, 5.41) is 7.84. The van der Waals surface area contributed by atoms with Gasteiger partial charge in [0, 0.05) is 0 Å². The van der Waals surface area contributed by atoms with Crippen LogP contribution in [0.1, 0.15) is 16.8 Å². The van der Waals surface area contributed by atoms with Crippen molar-refractivity contribution in [2.45, 2.75) is 17.5 Å². The molecule has 0 aliphatic heterocycles. The molecule has 0 amide bonds. The molecule has 0 aromatic heterocycles. The lowest BCUT2D eigenvalue weighted by molar-refractivity contribution is -0.129.